The van der Waals surface area contributed by atoms with Crippen LogP contribution in [0.15, 0.2) is 48.5 Å². The van der Waals surface area contributed by atoms with E-state index in [1.807, 2.05) is 0 Å². The summed E-state index contributed by atoms with van der Waals surface area (Å²) in [5, 5.41) is 3.40. The smallest absolute Gasteiger partial charge is 0.0384 e. The van der Waals surface area contributed by atoms with Gasteiger partial charge in [-0.1, -0.05) is 29.8 Å². The summed E-state index contributed by atoms with van der Waals surface area (Å²) in [4.78, 5) is 0. The Balaban J connectivity index is 0.00000133. The summed E-state index contributed by atoms with van der Waals surface area (Å²) in [5.74, 6) is 0.582. The van der Waals surface area contributed by atoms with Crippen LogP contribution in [-0.4, -0.2) is 6.04 Å². The Morgan fingerprint density at radius 3 is 1.89 bits per heavy atom. The number of hydrogen-bond acceptors (Lipinski definition) is 2. The van der Waals surface area contributed by atoms with Crippen LogP contribution in [0, 0.1) is 6.92 Å². The Bertz CT molecular complexity index is 534. The molecule has 0 aliphatic heterocycles. The van der Waals surface area contributed by atoms with Crippen LogP contribution in [0.1, 0.15) is 23.5 Å². The predicted octanol–water partition coefficient (Wildman–Crippen LogP) is 3.98. The lowest BCUT2D eigenvalue weighted by molar-refractivity contribution is 0.991. The van der Waals surface area contributed by atoms with E-state index in [9.17, 15) is 0 Å². The van der Waals surface area contributed by atoms with E-state index in [2.05, 4.69) is 60.8 Å². The largest absolute Gasteiger partial charge is 0.356 e. The maximum atomic E-state index is 5.86. The molecule has 0 unspecified atom stereocenters. The molecule has 2 aromatic rings. The van der Waals surface area contributed by atoms with Crippen molar-refractivity contribution in [3.63, 3.8) is 0 Å². The van der Waals surface area contributed by atoms with Crippen LogP contribution in [0.3, 0.4) is 0 Å². The predicted molar refractivity (Wildman–Crippen MR) is 83.5 cm³/mol. The Kier molecular flexibility index (Phi) is 4.13. The molecule has 0 heterocycles. The van der Waals surface area contributed by atoms with Crippen molar-refractivity contribution in [1.82, 2.24) is 0 Å². The van der Waals surface area contributed by atoms with E-state index in [0.717, 1.165) is 17.8 Å². The van der Waals surface area contributed by atoms with Gasteiger partial charge in [0.2, 0.25) is 0 Å². The van der Waals surface area contributed by atoms with E-state index < -0.39 is 0 Å². The van der Waals surface area contributed by atoms with Crippen molar-refractivity contribution in [3.8, 4) is 0 Å². The van der Waals surface area contributed by atoms with Gasteiger partial charge in [0.05, 0.1) is 0 Å². The molecule has 0 amide bonds. The average molecular weight is 275 g/mol. The Morgan fingerprint density at radius 1 is 0.947 bits per heavy atom. The van der Waals surface area contributed by atoms with Crippen molar-refractivity contribution in [3.05, 3.63) is 59.7 Å². The molecule has 1 aliphatic rings. The third-order valence-electron chi connectivity index (χ3n) is 3.52. The van der Waals surface area contributed by atoms with Gasteiger partial charge in [-0.3, -0.25) is 0 Å². The van der Waals surface area contributed by atoms with Gasteiger partial charge >= 0.3 is 0 Å². The molecule has 3 rings (SSSR count). The molecule has 0 bridgehead atoms. The highest BCUT2D eigenvalue weighted by Crippen LogP contribution is 2.39. The van der Waals surface area contributed by atoms with E-state index in [1.54, 1.807) is 0 Å². The van der Waals surface area contributed by atoms with Crippen molar-refractivity contribution in [1.29, 1.82) is 0 Å². The van der Waals surface area contributed by atoms with Gasteiger partial charge in [-0.05, 0) is 43.2 Å². The number of nitrogens with two attached hydrogens (primary N) is 1. The fourth-order valence-electron chi connectivity index (χ4n) is 2.22. The number of benzene rings is 2. The maximum absolute atomic E-state index is 5.86. The summed E-state index contributed by atoms with van der Waals surface area (Å²) < 4.78 is 0. The molecule has 2 atom stereocenters. The molecule has 0 spiro atoms. The lowest BCUT2D eigenvalue weighted by atomic mass is 10.1. The SMILES string of the molecule is Cc1ccc(Nc2ccc([C@H]3C[C@@H]3N)cc2)cc1.Cl. The number of aryl methyl sites for hydroxylation is 1. The van der Waals surface area contributed by atoms with Crippen molar-refractivity contribution >= 4 is 23.8 Å². The minimum absolute atomic E-state index is 0. The highest BCUT2D eigenvalue weighted by molar-refractivity contribution is 5.85. The average Bonchev–Trinajstić information content (AvgIpc) is 3.10. The monoisotopic (exact) mass is 274 g/mol. The fraction of sp³-hybridized carbons (Fsp3) is 0.250. The molecule has 3 heteroatoms. The van der Waals surface area contributed by atoms with Gasteiger partial charge in [-0.15, -0.1) is 12.4 Å². The molecule has 1 saturated carbocycles. The van der Waals surface area contributed by atoms with E-state index in [-0.39, 0.29) is 12.4 Å². The second-order valence-corrected chi connectivity index (χ2v) is 5.12. The topological polar surface area (TPSA) is 38.0 Å². The number of rotatable bonds is 3. The molecule has 2 nitrogen and oxygen atoms in total. The summed E-state index contributed by atoms with van der Waals surface area (Å²) in [5.41, 5.74) is 10.7. The third kappa shape index (κ3) is 3.28. The fourth-order valence-corrected chi connectivity index (χ4v) is 2.22. The van der Waals surface area contributed by atoms with Gasteiger partial charge in [0.15, 0.2) is 0 Å². The minimum atomic E-state index is 0. The molecule has 0 radical (unpaired) electrons. The summed E-state index contributed by atoms with van der Waals surface area (Å²) in [6.45, 7) is 2.09. The number of anilines is 2. The highest BCUT2D eigenvalue weighted by Gasteiger charge is 2.34. The maximum Gasteiger partial charge on any atom is 0.0384 e. The molecular weight excluding hydrogens is 256 g/mol. The quantitative estimate of drug-likeness (QED) is 0.889. The third-order valence-corrected chi connectivity index (χ3v) is 3.52. The van der Waals surface area contributed by atoms with Crippen LogP contribution in [0.2, 0.25) is 0 Å². The molecule has 1 fully saturated rings. The first-order chi connectivity index (χ1) is 8.72. The van der Waals surface area contributed by atoms with Crippen LogP contribution >= 0.6 is 12.4 Å². The summed E-state index contributed by atoms with van der Waals surface area (Å²) >= 11 is 0. The number of hydrogen-bond donors (Lipinski definition) is 2. The standard InChI is InChI=1S/C16H18N2.ClH/c1-11-2-6-13(7-3-11)18-14-8-4-12(5-9-14)15-10-16(15)17;/h2-9,15-16,18H,10,17H2,1H3;1H/t15-,16+;/m1./s1. The molecule has 19 heavy (non-hydrogen) atoms. The van der Waals surface area contributed by atoms with Crippen molar-refractivity contribution in [2.75, 3.05) is 5.32 Å². The zero-order valence-corrected chi connectivity index (χ0v) is 11.8. The second kappa shape index (κ2) is 5.64. The lowest BCUT2D eigenvalue weighted by Gasteiger charge is -2.07. The van der Waals surface area contributed by atoms with Crippen LogP contribution in [-0.2, 0) is 0 Å². The normalized spacial score (nSPS) is 20.5. The lowest BCUT2D eigenvalue weighted by Crippen LogP contribution is -2.00. The molecule has 0 saturated heterocycles. The van der Waals surface area contributed by atoms with E-state index in [0.29, 0.717) is 12.0 Å². The molecule has 2 aromatic carbocycles. The summed E-state index contributed by atoms with van der Waals surface area (Å²) in [7, 11) is 0. The van der Waals surface area contributed by atoms with Gasteiger partial charge in [-0.25, -0.2) is 0 Å². The van der Waals surface area contributed by atoms with Gasteiger partial charge in [0, 0.05) is 23.3 Å². The van der Waals surface area contributed by atoms with Gasteiger partial charge in [-0.2, -0.15) is 0 Å². The van der Waals surface area contributed by atoms with Crippen LogP contribution in [0.5, 0.6) is 0 Å². The van der Waals surface area contributed by atoms with Crippen LogP contribution in [0.25, 0.3) is 0 Å². The number of halogens is 1. The zero-order chi connectivity index (χ0) is 12.5. The Hall–Kier alpha value is -1.51. The molecule has 0 aromatic heterocycles. The Labute approximate surface area is 120 Å². The Morgan fingerprint density at radius 2 is 1.42 bits per heavy atom. The molecular formula is C16H19ClN2. The second-order valence-electron chi connectivity index (χ2n) is 5.12. The first-order valence-corrected chi connectivity index (χ1v) is 6.41. The van der Waals surface area contributed by atoms with Gasteiger partial charge in [0.25, 0.3) is 0 Å². The zero-order valence-electron chi connectivity index (χ0n) is 11.0. The minimum Gasteiger partial charge on any atom is -0.356 e. The van der Waals surface area contributed by atoms with Crippen LogP contribution < -0.4 is 11.1 Å². The van der Waals surface area contributed by atoms with E-state index in [1.165, 1.54) is 11.1 Å². The van der Waals surface area contributed by atoms with Gasteiger partial charge in [0.1, 0.15) is 0 Å². The number of nitrogens with one attached hydrogen (secondary N) is 1. The highest BCUT2D eigenvalue weighted by atomic mass is 35.5. The summed E-state index contributed by atoms with van der Waals surface area (Å²) in [6, 6.07) is 17.4. The summed E-state index contributed by atoms with van der Waals surface area (Å²) in [6.07, 6.45) is 1.13. The van der Waals surface area contributed by atoms with Gasteiger partial charge < -0.3 is 11.1 Å². The first kappa shape index (κ1) is 13.9. The van der Waals surface area contributed by atoms with E-state index in [4.69, 9.17) is 5.73 Å². The first-order valence-electron chi connectivity index (χ1n) is 6.41. The molecule has 3 N–H and O–H groups in total. The van der Waals surface area contributed by atoms with Crippen LogP contribution in [0.4, 0.5) is 11.4 Å². The van der Waals surface area contributed by atoms with Crippen molar-refractivity contribution in [2.45, 2.75) is 25.3 Å². The molecule has 1 aliphatic carbocycles. The molecule has 100 valence electrons. The van der Waals surface area contributed by atoms with E-state index >= 15 is 0 Å². The van der Waals surface area contributed by atoms with Crippen molar-refractivity contribution in [2.24, 2.45) is 5.73 Å². The van der Waals surface area contributed by atoms with Crippen molar-refractivity contribution < 1.29 is 0 Å².